The molecule has 0 bridgehead atoms. The van der Waals surface area contributed by atoms with Gasteiger partial charge in [0.1, 0.15) is 0 Å². The summed E-state index contributed by atoms with van der Waals surface area (Å²) in [4.78, 5) is 2.20. The van der Waals surface area contributed by atoms with Gasteiger partial charge >= 0.3 is 0 Å². The lowest BCUT2D eigenvalue weighted by Crippen LogP contribution is -2.27. The average Bonchev–Trinajstić information content (AvgIpc) is 3.12. The molecule has 1 aliphatic carbocycles. The van der Waals surface area contributed by atoms with E-state index >= 15 is 0 Å². The van der Waals surface area contributed by atoms with E-state index in [1.165, 1.54) is 12.8 Å². The highest BCUT2D eigenvalue weighted by molar-refractivity contribution is 9.10. The monoisotopic (exact) mass is 307 g/mol. The third-order valence-electron chi connectivity index (χ3n) is 3.24. The molecule has 3 heteroatoms. The second kappa shape index (κ2) is 5.77. The summed E-state index contributed by atoms with van der Waals surface area (Å²) >= 11 is 3.45. The van der Waals surface area contributed by atoms with Gasteiger partial charge in [-0.1, -0.05) is 21.9 Å². The Balaban J connectivity index is 2.29. The number of rotatable bonds is 5. The maximum atomic E-state index is 9.90. The molecule has 1 saturated carbocycles. The van der Waals surface area contributed by atoms with E-state index in [4.69, 9.17) is 6.42 Å². The zero-order valence-corrected chi connectivity index (χ0v) is 12.2. The van der Waals surface area contributed by atoms with Crippen molar-refractivity contribution in [3.05, 3.63) is 28.2 Å². The van der Waals surface area contributed by atoms with E-state index in [0.29, 0.717) is 6.54 Å². The second-order valence-corrected chi connectivity index (χ2v) is 5.82. The number of halogens is 1. The fraction of sp³-hybridized carbons (Fsp3) is 0.467. The third kappa shape index (κ3) is 3.28. The van der Waals surface area contributed by atoms with Crippen molar-refractivity contribution >= 4 is 21.6 Å². The first-order valence-electron chi connectivity index (χ1n) is 6.27. The van der Waals surface area contributed by atoms with Crippen LogP contribution in [0, 0.1) is 18.3 Å². The molecule has 18 heavy (non-hydrogen) atoms. The van der Waals surface area contributed by atoms with Crippen molar-refractivity contribution in [2.75, 3.05) is 18.0 Å². The van der Waals surface area contributed by atoms with Crippen LogP contribution in [0.25, 0.3) is 0 Å². The first-order valence-corrected chi connectivity index (χ1v) is 7.07. The van der Waals surface area contributed by atoms with Gasteiger partial charge in [-0.2, -0.15) is 0 Å². The van der Waals surface area contributed by atoms with Gasteiger partial charge in [0.05, 0.1) is 12.6 Å². The molecule has 2 nitrogen and oxygen atoms in total. The molecule has 1 aromatic rings. The second-order valence-electron chi connectivity index (χ2n) is 4.91. The Hall–Kier alpha value is -0.980. The smallest absolute Gasteiger partial charge is 0.0791 e. The number of hydrogen-bond acceptors (Lipinski definition) is 2. The number of hydrogen-bond donors (Lipinski definition) is 1. The molecule has 0 aliphatic heterocycles. The molecule has 0 aromatic heterocycles. The molecule has 1 atom stereocenters. The topological polar surface area (TPSA) is 23.5 Å². The number of aliphatic hydroxyl groups is 1. The molecular weight excluding hydrogens is 290 g/mol. The summed E-state index contributed by atoms with van der Waals surface area (Å²) in [5, 5.41) is 9.90. The minimum absolute atomic E-state index is 0.489. The number of anilines is 1. The molecule has 96 valence electrons. The van der Waals surface area contributed by atoms with Crippen LogP contribution >= 0.6 is 15.9 Å². The fourth-order valence-corrected chi connectivity index (χ4v) is 2.50. The predicted octanol–water partition coefficient (Wildman–Crippen LogP) is 3.35. The molecule has 1 aliphatic rings. The van der Waals surface area contributed by atoms with Crippen molar-refractivity contribution in [1.29, 1.82) is 0 Å². The number of aliphatic hydroxyl groups excluding tert-OH is 1. The Bertz CT molecular complexity index is 460. The van der Waals surface area contributed by atoms with Crippen molar-refractivity contribution < 1.29 is 5.11 Å². The van der Waals surface area contributed by atoms with Gasteiger partial charge in [0, 0.05) is 22.3 Å². The molecule has 1 aromatic carbocycles. The standard InChI is InChI=1S/C15H18BrNO/c1-3-8-17(10-12-4-5-12)15-7-6-13(16)9-14(15)11(2)18/h1,6-7,9,11-12,18H,4-5,8,10H2,2H3. The van der Waals surface area contributed by atoms with Gasteiger partial charge in [0.25, 0.3) is 0 Å². The third-order valence-corrected chi connectivity index (χ3v) is 3.73. The summed E-state index contributed by atoms with van der Waals surface area (Å²) in [6, 6.07) is 6.00. The number of terminal acetylenes is 1. The van der Waals surface area contributed by atoms with Crippen LogP contribution in [0.15, 0.2) is 22.7 Å². The summed E-state index contributed by atoms with van der Waals surface area (Å²) in [5.74, 6) is 3.48. The van der Waals surface area contributed by atoms with Crippen LogP contribution in [0.3, 0.4) is 0 Å². The van der Waals surface area contributed by atoms with Crippen LogP contribution in [0.1, 0.15) is 31.4 Å². The quantitative estimate of drug-likeness (QED) is 0.843. The van der Waals surface area contributed by atoms with Crippen LogP contribution in [0.2, 0.25) is 0 Å². The summed E-state index contributed by atoms with van der Waals surface area (Å²) in [6.07, 6.45) is 7.55. The predicted molar refractivity (Wildman–Crippen MR) is 78.5 cm³/mol. The molecule has 2 rings (SSSR count). The van der Waals surface area contributed by atoms with Gasteiger partial charge in [-0.05, 0) is 43.9 Å². The number of nitrogens with zero attached hydrogens (tertiary/aromatic N) is 1. The summed E-state index contributed by atoms with van der Waals surface area (Å²) in [5.41, 5.74) is 1.98. The van der Waals surface area contributed by atoms with Crippen LogP contribution < -0.4 is 4.90 Å². The zero-order chi connectivity index (χ0) is 13.1. The van der Waals surface area contributed by atoms with Crippen molar-refractivity contribution in [3.8, 4) is 12.3 Å². The van der Waals surface area contributed by atoms with Crippen LogP contribution in [-0.4, -0.2) is 18.2 Å². The zero-order valence-electron chi connectivity index (χ0n) is 10.6. The maximum Gasteiger partial charge on any atom is 0.0791 e. The molecular formula is C15H18BrNO. The molecule has 1 unspecified atom stereocenters. The van der Waals surface area contributed by atoms with Crippen LogP contribution in [0.5, 0.6) is 0 Å². The SMILES string of the molecule is C#CCN(CC1CC1)c1ccc(Br)cc1C(C)O. The Morgan fingerprint density at radius 1 is 1.56 bits per heavy atom. The van der Waals surface area contributed by atoms with Crippen molar-refractivity contribution in [1.82, 2.24) is 0 Å². The minimum atomic E-state index is -0.489. The van der Waals surface area contributed by atoms with E-state index in [1.54, 1.807) is 6.92 Å². The Labute approximate surface area is 117 Å². The highest BCUT2D eigenvalue weighted by Crippen LogP contribution is 2.34. The van der Waals surface area contributed by atoms with E-state index in [0.717, 1.165) is 28.2 Å². The van der Waals surface area contributed by atoms with Gasteiger partial charge in [-0.15, -0.1) is 6.42 Å². The van der Waals surface area contributed by atoms with Gasteiger partial charge in [-0.3, -0.25) is 0 Å². The largest absolute Gasteiger partial charge is 0.389 e. The first-order chi connectivity index (χ1) is 8.61. The minimum Gasteiger partial charge on any atom is -0.389 e. The summed E-state index contributed by atoms with van der Waals surface area (Å²) < 4.78 is 0.981. The lowest BCUT2D eigenvalue weighted by atomic mass is 10.1. The molecule has 0 heterocycles. The highest BCUT2D eigenvalue weighted by Gasteiger charge is 2.25. The Morgan fingerprint density at radius 3 is 2.83 bits per heavy atom. The van der Waals surface area contributed by atoms with Crippen molar-refractivity contribution in [2.24, 2.45) is 5.92 Å². The Kier molecular flexibility index (Phi) is 4.31. The lowest BCUT2D eigenvalue weighted by molar-refractivity contribution is 0.199. The fourth-order valence-electron chi connectivity index (χ4n) is 2.12. The molecule has 0 amide bonds. The lowest BCUT2D eigenvalue weighted by Gasteiger charge is -2.26. The summed E-state index contributed by atoms with van der Waals surface area (Å²) in [6.45, 7) is 3.37. The molecule has 0 spiro atoms. The van der Waals surface area contributed by atoms with Crippen molar-refractivity contribution in [2.45, 2.75) is 25.9 Å². The highest BCUT2D eigenvalue weighted by atomic mass is 79.9. The normalized spacial score (nSPS) is 16.1. The average molecular weight is 308 g/mol. The van der Waals surface area contributed by atoms with E-state index in [1.807, 2.05) is 18.2 Å². The van der Waals surface area contributed by atoms with E-state index in [9.17, 15) is 5.11 Å². The Morgan fingerprint density at radius 2 is 2.28 bits per heavy atom. The van der Waals surface area contributed by atoms with Gasteiger partial charge in [0.15, 0.2) is 0 Å². The summed E-state index contributed by atoms with van der Waals surface area (Å²) in [7, 11) is 0. The molecule has 0 radical (unpaired) electrons. The first kappa shape index (κ1) is 13.5. The number of benzene rings is 1. The molecule has 1 N–H and O–H groups in total. The van der Waals surface area contributed by atoms with E-state index in [-0.39, 0.29) is 0 Å². The van der Waals surface area contributed by atoms with Gasteiger partial charge < -0.3 is 10.0 Å². The van der Waals surface area contributed by atoms with Gasteiger partial charge in [0.2, 0.25) is 0 Å². The van der Waals surface area contributed by atoms with Crippen LogP contribution in [0.4, 0.5) is 5.69 Å². The molecule has 0 saturated heterocycles. The van der Waals surface area contributed by atoms with E-state index in [2.05, 4.69) is 26.8 Å². The molecule has 1 fully saturated rings. The maximum absolute atomic E-state index is 9.90. The van der Waals surface area contributed by atoms with E-state index < -0.39 is 6.10 Å². The van der Waals surface area contributed by atoms with Crippen LogP contribution in [-0.2, 0) is 0 Å². The van der Waals surface area contributed by atoms with Crippen molar-refractivity contribution in [3.63, 3.8) is 0 Å². The van der Waals surface area contributed by atoms with Gasteiger partial charge in [-0.25, -0.2) is 0 Å².